The normalized spacial score (nSPS) is 15.3. The van der Waals surface area contributed by atoms with Crippen LogP contribution in [0.25, 0.3) is 27.9 Å². The lowest BCUT2D eigenvalue weighted by molar-refractivity contribution is -0.141. The van der Waals surface area contributed by atoms with Gasteiger partial charge in [-0.1, -0.05) is 12.8 Å². The first kappa shape index (κ1) is 21.2. The smallest absolute Gasteiger partial charge is 0.408 e. The van der Waals surface area contributed by atoms with E-state index in [0.717, 1.165) is 30.4 Å². The summed E-state index contributed by atoms with van der Waals surface area (Å²) in [6, 6.07) is 4.43. The highest BCUT2D eigenvalue weighted by Gasteiger charge is 2.31. The number of pyridine rings is 2. The number of amides is 1. The van der Waals surface area contributed by atoms with E-state index >= 15 is 0 Å². The molecule has 0 spiro atoms. The summed E-state index contributed by atoms with van der Waals surface area (Å²) >= 11 is 0. The lowest BCUT2D eigenvalue weighted by Gasteiger charge is -2.19. The summed E-state index contributed by atoms with van der Waals surface area (Å²) in [4.78, 5) is 23.2. The molecular weight excluding hydrogens is 437 g/mol. The summed E-state index contributed by atoms with van der Waals surface area (Å²) in [5.41, 5.74) is 1.39. The van der Waals surface area contributed by atoms with Crippen molar-refractivity contribution in [1.82, 2.24) is 29.0 Å². The first-order chi connectivity index (χ1) is 15.8. The summed E-state index contributed by atoms with van der Waals surface area (Å²) in [6.45, 7) is -0.0965. The van der Waals surface area contributed by atoms with Crippen LogP contribution in [0.15, 0.2) is 36.8 Å². The number of alkyl halides is 3. The van der Waals surface area contributed by atoms with Gasteiger partial charge in [-0.05, 0) is 31.0 Å². The fourth-order valence-corrected chi connectivity index (χ4v) is 4.25. The summed E-state index contributed by atoms with van der Waals surface area (Å²) in [6.07, 6.45) is 3.65. The second-order valence-corrected chi connectivity index (χ2v) is 8.17. The van der Waals surface area contributed by atoms with Crippen LogP contribution in [-0.2, 0) is 6.54 Å². The molecule has 8 nitrogen and oxygen atoms in total. The van der Waals surface area contributed by atoms with Crippen LogP contribution in [0.1, 0.15) is 36.2 Å². The third-order valence-corrected chi connectivity index (χ3v) is 5.81. The van der Waals surface area contributed by atoms with Gasteiger partial charge in [0.2, 0.25) is 0 Å². The molecule has 0 aliphatic carbocycles. The second kappa shape index (κ2) is 8.05. The van der Waals surface area contributed by atoms with Crippen molar-refractivity contribution in [2.75, 3.05) is 13.1 Å². The Balaban J connectivity index is 1.63. The highest BCUT2D eigenvalue weighted by Crippen LogP contribution is 2.31. The number of carbonyl (C=O) groups excluding carboxylic acids is 1. The van der Waals surface area contributed by atoms with E-state index in [1.807, 2.05) is 0 Å². The second-order valence-electron chi connectivity index (χ2n) is 8.17. The molecule has 4 aromatic heterocycles. The summed E-state index contributed by atoms with van der Waals surface area (Å²) < 4.78 is 42.3. The third kappa shape index (κ3) is 4.10. The van der Waals surface area contributed by atoms with Gasteiger partial charge in [0.05, 0.1) is 23.6 Å². The van der Waals surface area contributed by atoms with Crippen molar-refractivity contribution in [2.24, 2.45) is 0 Å². The number of fused-ring (bicyclic) bond motifs is 2. The molecule has 1 aliphatic rings. The van der Waals surface area contributed by atoms with E-state index in [2.05, 4.69) is 15.1 Å². The fourth-order valence-electron chi connectivity index (χ4n) is 4.25. The van der Waals surface area contributed by atoms with Crippen molar-refractivity contribution in [3.63, 3.8) is 0 Å². The van der Waals surface area contributed by atoms with E-state index in [4.69, 9.17) is 0 Å². The Bertz CT molecular complexity index is 1340. The van der Waals surface area contributed by atoms with Crippen molar-refractivity contribution in [3.8, 4) is 17.1 Å². The van der Waals surface area contributed by atoms with Gasteiger partial charge in [0.15, 0.2) is 0 Å². The number of aromatic nitrogens is 5. The number of hydrogen-bond donors (Lipinski definition) is 1. The molecule has 1 aliphatic heterocycles. The fraction of sp³-hybridized carbons (Fsp3) is 0.364. The van der Waals surface area contributed by atoms with E-state index < -0.39 is 12.7 Å². The van der Waals surface area contributed by atoms with Crippen molar-refractivity contribution in [1.29, 1.82) is 0 Å². The molecule has 5 rings (SSSR count). The topological polar surface area (TPSA) is 88.5 Å². The SMILES string of the molecule is O=C(c1cc2c(cn1)c(-c1cnc3ccc(O)cn13)nn2CC(F)(F)F)N1CCCCCC1. The predicted octanol–water partition coefficient (Wildman–Crippen LogP) is 4.03. The maximum atomic E-state index is 13.3. The van der Waals surface area contributed by atoms with Gasteiger partial charge in [-0.3, -0.25) is 18.9 Å². The van der Waals surface area contributed by atoms with Crippen molar-refractivity contribution in [3.05, 3.63) is 42.5 Å². The average molecular weight is 458 g/mol. The van der Waals surface area contributed by atoms with Gasteiger partial charge in [-0.25, -0.2) is 4.98 Å². The number of rotatable bonds is 3. The quantitative estimate of drug-likeness (QED) is 0.501. The van der Waals surface area contributed by atoms with Gasteiger partial charge in [-0.2, -0.15) is 18.3 Å². The van der Waals surface area contributed by atoms with Gasteiger partial charge in [-0.15, -0.1) is 0 Å². The number of likely N-dealkylation sites (tertiary alicyclic amines) is 1. The molecule has 0 unspecified atom stereocenters. The van der Waals surface area contributed by atoms with Gasteiger partial charge in [0.25, 0.3) is 5.91 Å². The minimum Gasteiger partial charge on any atom is -0.506 e. The lowest BCUT2D eigenvalue weighted by atomic mass is 10.2. The zero-order valence-electron chi connectivity index (χ0n) is 17.6. The van der Waals surface area contributed by atoms with E-state index in [1.165, 1.54) is 30.7 Å². The molecule has 0 radical (unpaired) electrons. The number of aromatic hydroxyl groups is 1. The molecule has 0 bridgehead atoms. The zero-order chi connectivity index (χ0) is 23.2. The molecule has 1 fully saturated rings. The number of imidazole rings is 1. The van der Waals surface area contributed by atoms with Crippen LogP contribution in [0.3, 0.4) is 0 Å². The largest absolute Gasteiger partial charge is 0.506 e. The molecule has 172 valence electrons. The Hall–Kier alpha value is -3.63. The van der Waals surface area contributed by atoms with Gasteiger partial charge in [0.1, 0.15) is 29.3 Å². The van der Waals surface area contributed by atoms with E-state index in [0.29, 0.717) is 29.8 Å². The molecule has 1 amide bonds. The summed E-state index contributed by atoms with van der Waals surface area (Å²) in [7, 11) is 0. The average Bonchev–Trinajstić information content (AvgIpc) is 3.20. The molecule has 1 N–H and O–H groups in total. The number of nitrogens with zero attached hydrogens (tertiary/aromatic N) is 6. The standard InChI is InChI=1S/C22H21F3N6O2/c23-22(24,25)13-31-17-9-16(21(33)29-7-3-1-2-4-8-29)26-10-15(17)20(28-31)18-11-27-19-6-5-14(32)12-30(18)19/h5-6,9-12,32H,1-4,7-8,13H2. The molecule has 0 aromatic carbocycles. The first-order valence-corrected chi connectivity index (χ1v) is 10.7. The maximum Gasteiger partial charge on any atom is 0.408 e. The molecule has 0 atom stereocenters. The number of hydrogen-bond acceptors (Lipinski definition) is 5. The Morgan fingerprint density at radius 2 is 1.82 bits per heavy atom. The highest BCUT2D eigenvalue weighted by atomic mass is 19.4. The Morgan fingerprint density at radius 3 is 2.55 bits per heavy atom. The number of carbonyl (C=O) groups is 1. The van der Waals surface area contributed by atoms with Crippen LogP contribution in [0, 0.1) is 0 Å². The molecular formula is C22H21F3N6O2. The minimum atomic E-state index is -4.51. The van der Waals surface area contributed by atoms with Crippen LogP contribution in [-0.4, -0.2) is 59.3 Å². The third-order valence-electron chi connectivity index (χ3n) is 5.81. The highest BCUT2D eigenvalue weighted by molar-refractivity contribution is 5.99. The van der Waals surface area contributed by atoms with Crippen LogP contribution in [0.4, 0.5) is 13.2 Å². The monoisotopic (exact) mass is 458 g/mol. The van der Waals surface area contributed by atoms with E-state index in [9.17, 15) is 23.1 Å². The summed E-state index contributed by atoms with van der Waals surface area (Å²) in [5, 5.41) is 14.4. The van der Waals surface area contributed by atoms with Crippen molar-refractivity contribution < 1.29 is 23.1 Å². The minimum absolute atomic E-state index is 0.0239. The van der Waals surface area contributed by atoms with E-state index in [-0.39, 0.29) is 28.6 Å². The van der Waals surface area contributed by atoms with Crippen LogP contribution < -0.4 is 0 Å². The van der Waals surface area contributed by atoms with Gasteiger partial charge < -0.3 is 10.0 Å². The van der Waals surface area contributed by atoms with Crippen molar-refractivity contribution >= 4 is 22.5 Å². The zero-order valence-corrected chi connectivity index (χ0v) is 17.6. The predicted molar refractivity (Wildman–Crippen MR) is 114 cm³/mol. The Morgan fingerprint density at radius 1 is 1.06 bits per heavy atom. The van der Waals surface area contributed by atoms with Crippen LogP contribution >= 0.6 is 0 Å². The molecule has 33 heavy (non-hydrogen) atoms. The Kier molecular flexibility index (Phi) is 5.18. The van der Waals surface area contributed by atoms with Crippen LogP contribution in [0.5, 0.6) is 5.75 Å². The maximum absolute atomic E-state index is 13.3. The molecule has 5 heterocycles. The Labute approximate surface area is 186 Å². The summed E-state index contributed by atoms with van der Waals surface area (Å²) in [5.74, 6) is -0.316. The molecule has 4 aromatic rings. The van der Waals surface area contributed by atoms with Crippen LogP contribution in [0.2, 0.25) is 0 Å². The molecule has 1 saturated heterocycles. The van der Waals surface area contributed by atoms with E-state index in [1.54, 1.807) is 15.4 Å². The van der Waals surface area contributed by atoms with Gasteiger partial charge in [0, 0.05) is 24.7 Å². The van der Waals surface area contributed by atoms with Gasteiger partial charge >= 0.3 is 6.18 Å². The van der Waals surface area contributed by atoms with Crippen molar-refractivity contribution in [2.45, 2.75) is 38.4 Å². The lowest BCUT2D eigenvalue weighted by Crippen LogP contribution is -2.32. The molecule has 11 heteroatoms. The molecule has 0 saturated carbocycles. The first-order valence-electron chi connectivity index (χ1n) is 10.7. The number of halogens is 3.